The van der Waals surface area contributed by atoms with Crippen LogP contribution < -0.4 is 16.0 Å². The number of ether oxygens (including phenoxy) is 1. The summed E-state index contributed by atoms with van der Waals surface area (Å²) in [5, 5.41) is 2.56. The minimum atomic E-state index is -0.492. The van der Waals surface area contributed by atoms with Crippen LogP contribution in [0.3, 0.4) is 0 Å². The lowest BCUT2D eigenvalue weighted by Crippen LogP contribution is -2.40. The molecule has 0 spiro atoms. The van der Waals surface area contributed by atoms with Gasteiger partial charge in [0.2, 0.25) is 5.91 Å². The van der Waals surface area contributed by atoms with Crippen LogP contribution in [0.15, 0.2) is 42.5 Å². The molecule has 0 saturated carbocycles. The lowest BCUT2D eigenvalue weighted by molar-refractivity contribution is -0.117. The van der Waals surface area contributed by atoms with Gasteiger partial charge in [-0.05, 0) is 83.4 Å². The number of rotatable bonds is 1. The van der Waals surface area contributed by atoms with E-state index in [0.717, 1.165) is 24.1 Å². The van der Waals surface area contributed by atoms with Gasteiger partial charge in [-0.3, -0.25) is 4.79 Å². The van der Waals surface area contributed by atoms with Crippen LogP contribution in [0.4, 0.5) is 16.2 Å². The van der Waals surface area contributed by atoms with Gasteiger partial charge in [-0.2, -0.15) is 0 Å². The SMILES string of the molecule is CC.CC(=O)N1c2ccc(C)cc2CC[C@@H]1C.CC(C)(C)OC(=O)NCC#Cc1ccc(N)cc1. The number of alkyl carbamates (subject to hydrolysis) is 1. The highest BCUT2D eigenvalue weighted by Gasteiger charge is 2.25. The first-order chi connectivity index (χ1) is 16.5. The van der Waals surface area contributed by atoms with Gasteiger partial charge in [0.05, 0.1) is 6.54 Å². The van der Waals surface area contributed by atoms with Gasteiger partial charge >= 0.3 is 6.09 Å². The number of carbonyl (C=O) groups excluding carboxylic acids is 2. The average Bonchev–Trinajstić information content (AvgIpc) is 2.78. The van der Waals surface area contributed by atoms with Gasteiger partial charge in [0, 0.05) is 29.9 Å². The van der Waals surface area contributed by atoms with Gasteiger partial charge in [0.15, 0.2) is 0 Å². The fourth-order valence-electron chi connectivity index (χ4n) is 3.50. The second kappa shape index (κ2) is 14.1. The standard InChI is InChI=1S/C14H18N2O2.C13H17NO.C2H6/c1-14(2,3)18-13(17)16-10-4-5-11-6-8-12(15)9-7-11;1-9-4-7-13-12(8-9)6-5-10(2)14(13)11(3)15;1-2/h6-9H,10,15H2,1-3H3,(H,16,17);4,7-8,10H,5-6H2,1-3H3;1-2H3/t;10-;/m.0./s1. The van der Waals surface area contributed by atoms with Crippen molar-refractivity contribution in [3.63, 3.8) is 0 Å². The second-order valence-electron chi connectivity index (χ2n) is 9.19. The number of amides is 2. The predicted octanol–water partition coefficient (Wildman–Crippen LogP) is 5.85. The fraction of sp³-hybridized carbons (Fsp3) is 0.448. The molecule has 2 aromatic carbocycles. The fourth-order valence-corrected chi connectivity index (χ4v) is 3.50. The van der Waals surface area contributed by atoms with Gasteiger partial charge in [0.25, 0.3) is 0 Å². The minimum Gasteiger partial charge on any atom is -0.444 e. The smallest absolute Gasteiger partial charge is 0.408 e. The molecule has 35 heavy (non-hydrogen) atoms. The molecule has 3 N–H and O–H groups in total. The molecule has 0 fully saturated rings. The zero-order valence-electron chi connectivity index (χ0n) is 22.5. The zero-order valence-corrected chi connectivity index (χ0v) is 22.5. The third kappa shape index (κ3) is 10.6. The Morgan fingerprint density at radius 2 is 1.77 bits per heavy atom. The molecule has 0 saturated heterocycles. The Labute approximate surface area is 211 Å². The van der Waals surface area contributed by atoms with Crippen LogP contribution in [-0.4, -0.2) is 30.2 Å². The van der Waals surface area contributed by atoms with E-state index in [1.165, 1.54) is 11.1 Å². The van der Waals surface area contributed by atoms with Crippen molar-refractivity contribution in [3.05, 3.63) is 59.2 Å². The van der Waals surface area contributed by atoms with Crippen LogP contribution in [-0.2, 0) is 16.0 Å². The molecule has 2 amide bonds. The second-order valence-corrected chi connectivity index (χ2v) is 9.19. The van der Waals surface area contributed by atoms with Crippen molar-refractivity contribution in [1.29, 1.82) is 0 Å². The van der Waals surface area contributed by atoms with E-state index in [2.05, 4.69) is 49.2 Å². The van der Waals surface area contributed by atoms with Crippen LogP contribution in [0.2, 0.25) is 0 Å². The molecule has 2 aromatic rings. The van der Waals surface area contributed by atoms with Crippen molar-refractivity contribution in [1.82, 2.24) is 5.32 Å². The third-order valence-corrected chi connectivity index (χ3v) is 4.97. The summed E-state index contributed by atoms with van der Waals surface area (Å²) in [5.74, 6) is 5.89. The van der Waals surface area contributed by atoms with Crippen LogP contribution in [0, 0.1) is 18.8 Å². The van der Waals surface area contributed by atoms with E-state index in [4.69, 9.17) is 10.5 Å². The molecule has 6 heteroatoms. The lowest BCUT2D eigenvalue weighted by atomic mass is 9.95. The number of nitrogens with one attached hydrogen (secondary N) is 1. The molecular weight excluding hydrogens is 438 g/mol. The molecule has 0 unspecified atom stereocenters. The van der Waals surface area contributed by atoms with Gasteiger partial charge in [-0.15, -0.1) is 0 Å². The largest absolute Gasteiger partial charge is 0.444 e. The maximum absolute atomic E-state index is 11.6. The summed E-state index contributed by atoms with van der Waals surface area (Å²) in [7, 11) is 0. The molecule has 0 radical (unpaired) electrons. The van der Waals surface area contributed by atoms with E-state index >= 15 is 0 Å². The Balaban J connectivity index is 0.000000331. The number of anilines is 2. The third-order valence-electron chi connectivity index (χ3n) is 4.97. The molecule has 6 nitrogen and oxygen atoms in total. The summed E-state index contributed by atoms with van der Waals surface area (Å²) in [6, 6.07) is 13.9. The number of carbonyl (C=O) groups is 2. The quantitative estimate of drug-likeness (QED) is 0.397. The van der Waals surface area contributed by atoms with Crippen LogP contribution in [0.5, 0.6) is 0 Å². The summed E-state index contributed by atoms with van der Waals surface area (Å²) in [4.78, 5) is 24.8. The minimum absolute atomic E-state index is 0.146. The number of nitrogen functional groups attached to an aromatic ring is 1. The first-order valence-corrected chi connectivity index (χ1v) is 12.2. The van der Waals surface area contributed by atoms with Crippen molar-refractivity contribution in [3.8, 4) is 11.8 Å². The summed E-state index contributed by atoms with van der Waals surface area (Å²) in [5.41, 5.74) is 10.3. The molecule has 1 atom stereocenters. The molecule has 1 aliphatic rings. The van der Waals surface area contributed by atoms with Crippen LogP contribution in [0.1, 0.15) is 71.6 Å². The van der Waals surface area contributed by atoms with Gasteiger partial charge < -0.3 is 20.7 Å². The van der Waals surface area contributed by atoms with Crippen molar-refractivity contribution in [2.75, 3.05) is 17.2 Å². The Bertz CT molecular complexity index is 1030. The van der Waals surface area contributed by atoms with E-state index < -0.39 is 11.7 Å². The zero-order chi connectivity index (χ0) is 26.6. The molecular formula is C29H41N3O3. The summed E-state index contributed by atoms with van der Waals surface area (Å²) in [6.45, 7) is 15.5. The highest BCUT2D eigenvalue weighted by Crippen LogP contribution is 2.31. The van der Waals surface area contributed by atoms with Gasteiger partial charge in [-0.1, -0.05) is 43.4 Å². The first kappa shape index (κ1) is 29.6. The molecule has 190 valence electrons. The molecule has 3 rings (SSSR count). The number of aryl methyl sites for hydroxylation is 2. The summed E-state index contributed by atoms with van der Waals surface area (Å²) < 4.78 is 5.07. The van der Waals surface area contributed by atoms with Gasteiger partial charge in [-0.25, -0.2) is 4.79 Å². The number of hydrogen-bond donors (Lipinski definition) is 2. The summed E-state index contributed by atoms with van der Waals surface area (Å²) >= 11 is 0. The van der Waals surface area contributed by atoms with Gasteiger partial charge in [0.1, 0.15) is 5.60 Å². The monoisotopic (exact) mass is 479 g/mol. The first-order valence-electron chi connectivity index (χ1n) is 12.2. The van der Waals surface area contributed by atoms with Crippen molar-refractivity contribution in [2.45, 2.75) is 79.9 Å². The molecule has 0 bridgehead atoms. The molecule has 1 heterocycles. The Kier molecular flexibility index (Phi) is 11.9. The highest BCUT2D eigenvalue weighted by molar-refractivity contribution is 5.93. The Morgan fingerprint density at radius 1 is 1.14 bits per heavy atom. The average molecular weight is 480 g/mol. The predicted molar refractivity (Wildman–Crippen MR) is 145 cm³/mol. The molecule has 0 aromatic heterocycles. The van der Waals surface area contributed by atoms with E-state index in [1.807, 2.05) is 51.7 Å². The number of nitrogens with two attached hydrogens (primary N) is 1. The van der Waals surface area contributed by atoms with Crippen molar-refractivity contribution < 1.29 is 14.3 Å². The maximum atomic E-state index is 11.6. The normalized spacial score (nSPS) is 13.9. The number of hydrogen-bond acceptors (Lipinski definition) is 4. The Morgan fingerprint density at radius 3 is 2.34 bits per heavy atom. The Hall–Kier alpha value is -3.46. The number of nitrogens with zero attached hydrogens (tertiary/aromatic N) is 1. The van der Waals surface area contributed by atoms with Crippen molar-refractivity contribution >= 4 is 23.4 Å². The number of benzene rings is 2. The summed E-state index contributed by atoms with van der Waals surface area (Å²) in [6.07, 6.45) is 1.69. The van der Waals surface area contributed by atoms with E-state index in [-0.39, 0.29) is 12.5 Å². The van der Waals surface area contributed by atoms with E-state index in [0.29, 0.717) is 11.7 Å². The van der Waals surface area contributed by atoms with E-state index in [1.54, 1.807) is 19.1 Å². The van der Waals surface area contributed by atoms with E-state index in [9.17, 15) is 9.59 Å². The maximum Gasteiger partial charge on any atom is 0.408 e. The topological polar surface area (TPSA) is 84.7 Å². The molecule has 1 aliphatic heterocycles. The molecule has 0 aliphatic carbocycles. The van der Waals surface area contributed by atoms with Crippen molar-refractivity contribution in [2.24, 2.45) is 0 Å². The van der Waals surface area contributed by atoms with Crippen LogP contribution in [0.25, 0.3) is 0 Å². The lowest BCUT2D eigenvalue weighted by Gasteiger charge is -2.34. The van der Waals surface area contributed by atoms with Crippen LogP contribution >= 0.6 is 0 Å². The highest BCUT2D eigenvalue weighted by atomic mass is 16.6. The number of fused-ring (bicyclic) bond motifs is 1.